The number of rotatable bonds is 4. The summed E-state index contributed by atoms with van der Waals surface area (Å²) in [6.45, 7) is 5.73. The maximum atomic E-state index is 10.9. The molecule has 0 unspecified atom stereocenters. The topological polar surface area (TPSA) is 61.3 Å². The molecule has 2 heterocycles. The first-order valence-corrected chi connectivity index (χ1v) is 8.18. The van der Waals surface area contributed by atoms with Crippen molar-refractivity contribution in [2.45, 2.75) is 38.3 Å². The Labute approximate surface area is 137 Å². The van der Waals surface area contributed by atoms with Crippen LogP contribution in [0.2, 0.25) is 0 Å². The van der Waals surface area contributed by atoms with Crippen LogP contribution >= 0.6 is 0 Å². The van der Waals surface area contributed by atoms with Crippen molar-refractivity contribution in [2.24, 2.45) is 0 Å². The van der Waals surface area contributed by atoms with Crippen LogP contribution in [0, 0.1) is 0 Å². The first-order chi connectivity index (χ1) is 11.1. The standard InChI is InChI=1S/C18H24N4O/c1-14(2)21-16-12-17(20-13-19-16)22-10-8-18(23,9-11-22)15-6-4-3-5-7-15/h3-7,12-14,23H,8-11H2,1-2H3,(H,19,20,21). The number of aliphatic hydroxyl groups is 1. The molecule has 1 aromatic carbocycles. The summed E-state index contributed by atoms with van der Waals surface area (Å²) in [5.41, 5.74) is 0.272. The van der Waals surface area contributed by atoms with Crippen molar-refractivity contribution >= 4 is 11.6 Å². The lowest BCUT2D eigenvalue weighted by molar-refractivity contribution is 0.0116. The van der Waals surface area contributed by atoms with E-state index in [4.69, 9.17) is 0 Å². The lowest BCUT2D eigenvalue weighted by atomic mass is 9.84. The van der Waals surface area contributed by atoms with Crippen molar-refractivity contribution in [3.8, 4) is 0 Å². The quantitative estimate of drug-likeness (QED) is 0.909. The third-order valence-electron chi connectivity index (χ3n) is 4.31. The summed E-state index contributed by atoms with van der Waals surface area (Å²) in [5.74, 6) is 1.76. The Hall–Kier alpha value is -2.14. The van der Waals surface area contributed by atoms with Gasteiger partial charge in [-0.1, -0.05) is 30.3 Å². The van der Waals surface area contributed by atoms with E-state index in [1.807, 2.05) is 36.4 Å². The van der Waals surface area contributed by atoms with Crippen molar-refractivity contribution < 1.29 is 5.11 Å². The molecule has 122 valence electrons. The van der Waals surface area contributed by atoms with Crippen molar-refractivity contribution in [3.05, 3.63) is 48.3 Å². The minimum atomic E-state index is -0.732. The molecule has 1 aliphatic rings. The lowest BCUT2D eigenvalue weighted by Gasteiger charge is -2.39. The zero-order valence-electron chi connectivity index (χ0n) is 13.7. The maximum Gasteiger partial charge on any atom is 0.134 e. The van der Waals surface area contributed by atoms with Crippen molar-refractivity contribution in [2.75, 3.05) is 23.3 Å². The average Bonchev–Trinajstić information content (AvgIpc) is 2.56. The third kappa shape index (κ3) is 3.62. The second-order valence-electron chi connectivity index (χ2n) is 6.45. The summed E-state index contributed by atoms with van der Waals surface area (Å²) in [7, 11) is 0. The van der Waals surface area contributed by atoms with E-state index < -0.39 is 5.60 Å². The monoisotopic (exact) mass is 312 g/mol. The van der Waals surface area contributed by atoms with Gasteiger partial charge in [-0.15, -0.1) is 0 Å². The number of hydrogen-bond donors (Lipinski definition) is 2. The molecule has 2 N–H and O–H groups in total. The molecule has 1 fully saturated rings. The van der Waals surface area contributed by atoms with Gasteiger partial charge in [0, 0.05) is 25.2 Å². The van der Waals surface area contributed by atoms with Crippen molar-refractivity contribution in [1.29, 1.82) is 0 Å². The molecule has 5 nitrogen and oxygen atoms in total. The Morgan fingerprint density at radius 3 is 2.48 bits per heavy atom. The molecule has 1 aromatic heterocycles. The molecule has 0 amide bonds. The summed E-state index contributed by atoms with van der Waals surface area (Å²) in [4.78, 5) is 10.8. The van der Waals surface area contributed by atoms with E-state index in [2.05, 4.69) is 34.0 Å². The Morgan fingerprint density at radius 1 is 1.13 bits per heavy atom. The van der Waals surface area contributed by atoms with Crippen molar-refractivity contribution in [3.63, 3.8) is 0 Å². The zero-order chi connectivity index (χ0) is 16.3. The Balaban J connectivity index is 1.69. The minimum Gasteiger partial charge on any atom is -0.385 e. The van der Waals surface area contributed by atoms with Crippen molar-refractivity contribution in [1.82, 2.24) is 9.97 Å². The Morgan fingerprint density at radius 2 is 1.83 bits per heavy atom. The summed E-state index contributed by atoms with van der Waals surface area (Å²) in [5, 5.41) is 14.2. The highest BCUT2D eigenvalue weighted by molar-refractivity contribution is 5.49. The van der Waals surface area contributed by atoms with Gasteiger partial charge in [0.1, 0.15) is 18.0 Å². The van der Waals surface area contributed by atoms with E-state index in [0.29, 0.717) is 18.9 Å². The fourth-order valence-electron chi connectivity index (χ4n) is 3.04. The number of piperidine rings is 1. The highest BCUT2D eigenvalue weighted by Gasteiger charge is 2.34. The average molecular weight is 312 g/mol. The fraction of sp³-hybridized carbons (Fsp3) is 0.444. The molecular formula is C18H24N4O. The number of aromatic nitrogens is 2. The highest BCUT2D eigenvalue weighted by atomic mass is 16.3. The van der Waals surface area contributed by atoms with Gasteiger partial charge < -0.3 is 15.3 Å². The van der Waals surface area contributed by atoms with E-state index in [1.54, 1.807) is 6.33 Å². The third-order valence-corrected chi connectivity index (χ3v) is 4.31. The molecule has 23 heavy (non-hydrogen) atoms. The summed E-state index contributed by atoms with van der Waals surface area (Å²) in [6.07, 6.45) is 3.00. The van der Waals surface area contributed by atoms with E-state index >= 15 is 0 Å². The van der Waals surface area contributed by atoms with Crippen LogP contribution in [0.4, 0.5) is 11.6 Å². The Kier molecular flexibility index (Phi) is 4.48. The molecule has 0 saturated carbocycles. The zero-order valence-corrected chi connectivity index (χ0v) is 13.7. The second-order valence-corrected chi connectivity index (χ2v) is 6.45. The van der Waals surface area contributed by atoms with Crippen LogP contribution in [0.15, 0.2) is 42.7 Å². The highest BCUT2D eigenvalue weighted by Crippen LogP contribution is 2.34. The minimum absolute atomic E-state index is 0.335. The molecule has 0 atom stereocenters. The molecule has 0 aliphatic carbocycles. The van der Waals surface area contributed by atoms with Crippen LogP contribution in [-0.4, -0.2) is 34.2 Å². The van der Waals surface area contributed by atoms with Crippen LogP contribution in [0.25, 0.3) is 0 Å². The first kappa shape index (κ1) is 15.7. The molecule has 0 spiro atoms. The molecule has 1 aliphatic heterocycles. The molecular weight excluding hydrogens is 288 g/mol. The predicted molar refractivity (Wildman–Crippen MR) is 92.6 cm³/mol. The largest absolute Gasteiger partial charge is 0.385 e. The number of hydrogen-bond acceptors (Lipinski definition) is 5. The van der Waals surface area contributed by atoms with Gasteiger partial charge in [-0.05, 0) is 32.3 Å². The van der Waals surface area contributed by atoms with Crippen LogP contribution in [0.1, 0.15) is 32.3 Å². The summed E-state index contributed by atoms with van der Waals surface area (Å²) in [6, 6.07) is 12.3. The van der Waals surface area contributed by atoms with E-state index in [-0.39, 0.29) is 0 Å². The first-order valence-electron chi connectivity index (χ1n) is 8.18. The molecule has 5 heteroatoms. The second kappa shape index (κ2) is 6.54. The van der Waals surface area contributed by atoms with Gasteiger partial charge in [-0.25, -0.2) is 9.97 Å². The number of nitrogens with one attached hydrogen (secondary N) is 1. The number of benzene rings is 1. The normalized spacial score (nSPS) is 17.3. The van der Waals surface area contributed by atoms with Gasteiger partial charge >= 0.3 is 0 Å². The molecule has 2 aromatic rings. The van der Waals surface area contributed by atoms with Gasteiger partial charge in [-0.3, -0.25) is 0 Å². The van der Waals surface area contributed by atoms with E-state index in [9.17, 15) is 5.11 Å². The summed E-state index contributed by atoms with van der Waals surface area (Å²) >= 11 is 0. The smallest absolute Gasteiger partial charge is 0.134 e. The van der Waals surface area contributed by atoms with Gasteiger partial charge in [0.2, 0.25) is 0 Å². The van der Waals surface area contributed by atoms with Gasteiger partial charge in [0.15, 0.2) is 0 Å². The van der Waals surface area contributed by atoms with Crippen LogP contribution in [-0.2, 0) is 5.60 Å². The predicted octanol–water partition coefficient (Wildman–Crippen LogP) is 2.78. The van der Waals surface area contributed by atoms with E-state index in [0.717, 1.165) is 30.3 Å². The molecule has 0 bridgehead atoms. The van der Waals surface area contributed by atoms with Crippen LogP contribution < -0.4 is 10.2 Å². The summed E-state index contributed by atoms with van der Waals surface area (Å²) < 4.78 is 0. The van der Waals surface area contributed by atoms with Crippen LogP contribution in [0.3, 0.4) is 0 Å². The fourth-order valence-corrected chi connectivity index (χ4v) is 3.04. The van der Waals surface area contributed by atoms with Gasteiger partial charge in [-0.2, -0.15) is 0 Å². The van der Waals surface area contributed by atoms with Crippen LogP contribution in [0.5, 0.6) is 0 Å². The number of anilines is 2. The van der Waals surface area contributed by atoms with Gasteiger partial charge in [0.25, 0.3) is 0 Å². The maximum absolute atomic E-state index is 10.9. The van der Waals surface area contributed by atoms with E-state index in [1.165, 1.54) is 0 Å². The number of nitrogens with zero attached hydrogens (tertiary/aromatic N) is 3. The van der Waals surface area contributed by atoms with Gasteiger partial charge in [0.05, 0.1) is 5.60 Å². The Bertz CT molecular complexity index is 636. The molecule has 1 saturated heterocycles. The molecule has 3 rings (SSSR count). The lowest BCUT2D eigenvalue weighted by Crippen LogP contribution is -2.43. The SMILES string of the molecule is CC(C)Nc1cc(N2CCC(O)(c3ccccc3)CC2)ncn1. The molecule has 0 radical (unpaired) electrons.